The summed E-state index contributed by atoms with van der Waals surface area (Å²) in [4.78, 5) is 26.2. The number of hydrogen-bond acceptors (Lipinski definition) is 5. The van der Waals surface area contributed by atoms with Crippen LogP contribution >= 0.6 is 11.3 Å². The van der Waals surface area contributed by atoms with Gasteiger partial charge < -0.3 is 14.8 Å². The average Bonchev–Trinajstić information content (AvgIpc) is 2.79. The van der Waals surface area contributed by atoms with E-state index in [1.54, 1.807) is 62.8 Å². The van der Waals surface area contributed by atoms with Crippen LogP contribution in [0.2, 0.25) is 0 Å². The van der Waals surface area contributed by atoms with Crippen LogP contribution < -0.4 is 20.2 Å². The molecule has 4 rings (SSSR count). The molecular weight excluding hydrogens is 398 g/mol. The molecule has 0 atom stereocenters. The molecule has 4 aromatic rings. The number of ether oxygens (including phenoxy) is 2. The Hall–Kier alpha value is -3.64. The molecule has 1 N–H and O–H groups in total. The maximum Gasteiger partial charge on any atom is 0.256 e. The van der Waals surface area contributed by atoms with E-state index >= 15 is 0 Å². The number of carbonyl (C=O) groups is 1. The zero-order chi connectivity index (χ0) is 21.1. The lowest BCUT2D eigenvalue weighted by atomic mass is 10.0. The minimum Gasteiger partial charge on any atom is -0.493 e. The summed E-state index contributed by atoms with van der Waals surface area (Å²) in [5, 5.41) is 4.02. The lowest BCUT2D eigenvalue weighted by molar-refractivity contribution is 0.102. The molecule has 0 radical (unpaired) electrons. The summed E-state index contributed by atoms with van der Waals surface area (Å²) in [6, 6.07) is 21.6. The monoisotopic (exact) mass is 417 g/mol. The molecule has 0 aliphatic carbocycles. The topological polar surface area (TPSA) is 64.6 Å². The highest BCUT2D eigenvalue weighted by molar-refractivity contribution is 7.22. The summed E-state index contributed by atoms with van der Waals surface area (Å²) in [6.45, 7) is 0. The van der Waals surface area contributed by atoms with Crippen molar-refractivity contribution in [2.24, 2.45) is 0 Å². The van der Waals surface area contributed by atoms with Crippen molar-refractivity contribution in [3.8, 4) is 22.6 Å². The Kier molecular flexibility index (Phi) is 5.50. The molecule has 0 fully saturated rings. The average molecular weight is 417 g/mol. The zero-order valence-corrected chi connectivity index (χ0v) is 17.3. The largest absolute Gasteiger partial charge is 0.493 e. The number of fused-ring (bicyclic) bond motifs is 1. The van der Waals surface area contributed by atoms with E-state index in [-0.39, 0.29) is 11.3 Å². The predicted octanol–water partition coefficient (Wildman–Crippen LogP) is 5.20. The maximum absolute atomic E-state index is 13.4. The molecule has 0 saturated heterocycles. The van der Waals surface area contributed by atoms with Gasteiger partial charge in [0.05, 0.1) is 19.8 Å². The Morgan fingerprint density at radius 3 is 2.30 bits per heavy atom. The SMILES string of the molecule is COc1ccc(-c2c(NC(=O)c3ccccc3)sc3ccccc3c2=O)cc1OC. The van der Waals surface area contributed by atoms with Crippen molar-refractivity contribution in [2.45, 2.75) is 0 Å². The highest BCUT2D eigenvalue weighted by atomic mass is 32.1. The van der Waals surface area contributed by atoms with Gasteiger partial charge in [0.15, 0.2) is 16.9 Å². The summed E-state index contributed by atoms with van der Waals surface area (Å²) in [5.74, 6) is 0.796. The van der Waals surface area contributed by atoms with Crippen molar-refractivity contribution in [2.75, 3.05) is 19.5 Å². The van der Waals surface area contributed by atoms with Gasteiger partial charge >= 0.3 is 0 Å². The summed E-state index contributed by atoms with van der Waals surface area (Å²) in [6.07, 6.45) is 0. The van der Waals surface area contributed by atoms with Crippen molar-refractivity contribution in [1.29, 1.82) is 0 Å². The molecule has 0 unspecified atom stereocenters. The van der Waals surface area contributed by atoms with Crippen LogP contribution in [0, 0.1) is 0 Å². The van der Waals surface area contributed by atoms with Crippen molar-refractivity contribution in [1.82, 2.24) is 0 Å². The van der Waals surface area contributed by atoms with E-state index in [2.05, 4.69) is 5.32 Å². The molecule has 0 aliphatic rings. The Balaban J connectivity index is 1.91. The quantitative estimate of drug-likeness (QED) is 0.485. The van der Waals surface area contributed by atoms with E-state index in [0.29, 0.717) is 38.6 Å². The molecular formula is C24H19NO4S. The second-order valence-electron chi connectivity index (χ2n) is 6.52. The number of anilines is 1. The van der Waals surface area contributed by atoms with Crippen LogP contribution in [-0.4, -0.2) is 20.1 Å². The van der Waals surface area contributed by atoms with Crippen LogP contribution in [0.5, 0.6) is 11.5 Å². The summed E-state index contributed by atoms with van der Waals surface area (Å²) in [7, 11) is 3.10. The molecule has 150 valence electrons. The third-order valence-electron chi connectivity index (χ3n) is 4.73. The Labute approximate surface area is 177 Å². The highest BCUT2D eigenvalue weighted by Crippen LogP contribution is 2.37. The maximum atomic E-state index is 13.4. The van der Waals surface area contributed by atoms with Gasteiger partial charge in [0, 0.05) is 15.6 Å². The minimum atomic E-state index is -0.275. The molecule has 0 saturated carbocycles. The van der Waals surface area contributed by atoms with Gasteiger partial charge in [0.2, 0.25) is 0 Å². The van der Waals surface area contributed by atoms with Crippen LogP contribution in [0.4, 0.5) is 5.00 Å². The molecule has 1 heterocycles. The summed E-state index contributed by atoms with van der Waals surface area (Å²) < 4.78 is 11.5. The van der Waals surface area contributed by atoms with E-state index in [1.165, 1.54) is 11.3 Å². The standard InChI is InChI=1S/C24H19NO4S/c1-28-18-13-12-16(14-19(18)29-2)21-22(26)17-10-6-7-11-20(17)30-24(21)25-23(27)15-8-4-3-5-9-15/h3-14H,1-2H3,(H,25,27). The number of amides is 1. The second kappa shape index (κ2) is 8.39. The van der Waals surface area contributed by atoms with Crippen molar-refractivity contribution < 1.29 is 14.3 Å². The summed E-state index contributed by atoms with van der Waals surface area (Å²) >= 11 is 1.36. The number of carbonyl (C=O) groups excluding carboxylic acids is 1. The summed E-state index contributed by atoms with van der Waals surface area (Å²) in [5.41, 5.74) is 1.43. The fourth-order valence-corrected chi connectivity index (χ4v) is 4.34. The Morgan fingerprint density at radius 2 is 1.57 bits per heavy atom. The first-order valence-corrected chi connectivity index (χ1v) is 10.1. The van der Waals surface area contributed by atoms with Crippen LogP contribution in [0.25, 0.3) is 21.2 Å². The molecule has 1 amide bonds. The van der Waals surface area contributed by atoms with Gasteiger partial charge in [0.25, 0.3) is 5.91 Å². The number of benzene rings is 3. The fourth-order valence-electron chi connectivity index (χ4n) is 3.25. The van der Waals surface area contributed by atoms with Gasteiger partial charge in [0.1, 0.15) is 5.00 Å². The van der Waals surface area contributed by atoms with Gasteiger partial charge in [-0.3, -0.25) is 9.59 Å². The van der Waals surface area contributed by atoms with E-state index in [9.17, 15) is 9.59 Å². The van der Waals surface area contributed by atoms with Crippen LogP contribution in [0.1, 0.15) is 10.4 Å². The van der Waals surface area contributed by atoms with Crippen LogP contribution in [-0.2, 0) is 0 Å². The molecule has 30 heavy (non-hydrogen) atoms. The van der Waals surface area contributed by atoms with Gasteiger partial charge in [-0.25, -0.2) is 0 Å². The van der Waals surface area contributed by atoms with Crippen LogP contribution in [0.15, 0.2) is 77.6 Å². The number of rotatable bonds is 5. The van der Waals surface area contributed by atoms with Crippen molar-refractivity contribution >= 4 is 32.3 Å². The number of nitrogens with one attached hydrogen (secondary N) is 1. The number of methoxy groups -OCH3 is 2. The molecule has 0 spiro atoms. The van der Waals surface area contributed by atoms with Gasteiger partial charge in [-0.2, -0.15) is 0 Å². The normalized spacial score (nSPS) is 10.6. The molecule has 0 aliphatic heterocycles. The van der Waals surface area contributed by atoms with E-state index in [0.717, 1.165) is 4.70 Å². The highest BCUT2D eigenvalue weighted by Gasteiger charge is 2.18. The zero-order valence-electron chi connectivity index (χ0n) is 16.5. The van der Waals surface area contributed by atoms with Crippen LogP contribution in [0.3, 0.4) is 0 Å². The van der Waals surface area contributed by atoms with Gasteiger partial charge in [-0.15, -0.1) is 11.3 Å². The second-order valence-corrected chi connectivity index (χ2v) is 7.57. The molecule has 6 heteroatoms. The Morgan fingerprint density at radius 1 is 0.867 bits per heavy atom. The van der Waals surface area contributed by atoms with E-state index < -0.39 is 0 Å². The van der Waals surface area contributed by atoms with Crippen molar-refractivity contribution in [3.05, 3.63) is 88.6 Å². The minimum absolute atomic E-state index is 0.153. The van der Waals surface area contributed by atoms with Crippen molar-refractivity contribution in [3.63, 3.8) is 0 Å². The van der Waals surface area contributed by atoms with Gasteiger partial charge in [-0.1, -0.05) is 36.4 Å². The van der Waals surface area contributed by atoms with E-state index in [1.807, 2.05) is 24.3 Å². The van der Waals surface area contributed by atoms with E-state index in [4.69, 9.17) is 9.47 Å². The third-order valence-corrected chi connectivity index (χ3v) is 5.82. The molecule has 5 nitrogen and oxygen atoms in total. The van der Waals surface area contributed by atoms with Gasteiger partial charge in [-0.05, 0) is 42.0 Å². The number of hydrogen-bond donors (Lipinski definition) is 1. The Bertz CT molecular complexity index is 1280. The molecule has 0 bridgehead atoms. The molecule has 1 aromatic heterocycles. The fraction of sp³-hybridized carbons (Fsp3) is 0.0833. The predicted molar refractivity (Wildman–Crippen MR) is 121 cm³/mol. The third kappa shape index (κ3) is 3.65. The first kappa shape index (κ1) is 19.7. The first-order chi connectivity index (χ1) is 14.6. The first-order valence-electron chi connectivity index (χ1n) is 9.27. The molecule has 3 aromatic carbocycles. The lowest BCUT2D eigenvalue weighted by Gasteiger charge is -2.14. The lowest BCUT2D eigenvalue weighted by Crippen LogP contribution is -2.15. The smallest absolute Gasteiger partial charge is 0.256 e.